The molecule has 2 fully saturated rings. The van der Waals surface area contributed by atoms with Crippen LogP contribution in [0.15, 0.2) is 24.3 Å². The highest BCUT2D eigenvalue weighted by molar-refractivity contribution is 5.91. The Morgan fingerprint density at radius 3 is 2.09 bits per heavy atom. The highest BCUT2D eigenvalue weighted by atomic mass is 16.4. The molecule has 23 heavy (non-hydrogen) atoms. The summed E-state index contributed by atoms with van der Waals surface area (Å²) in [6.07, 6.45) is 0. The first-order valence-electron chi connectivity index (χ1n) is 8.15. The molecule has 1 aromatic rings. The molecule has 1 saturated carbocycles. The van der Waals surface area contributed by atoms with Crippen molar-refractivity contribution in [2.75, 3.05) is 31.1 Å². The Hall–Kier alpha value is -2.04. The van der Waals surface area contributed by atoms with Gasteiger partial charge in [-0.1, -0.05) is 31.5 Å². The van der Waals surface area contributed by atoms with E-state index in [1.165, 1.54) is 11.3 Å². The second-order valence-corrected chi connectivity index (χ2v) is 7.26. The van der Waals surface area contributed by atoms with Gasteiger partial charge >= 0.3 is 5.97 Å². The van der Waals surface area contributed by atoms with E-state index in [-0.39, 0.29) is 11.8 Å². The quantitative estimate of drug-likeness (QED) is 0.926. The van der Waals surface area contributed by atoms with Crippen LogP contribution in [0.25, 0.3) is 0 Å². The van der Waals surface area contributed by atoms with Crippen LogP contribution in [0.2, 0.25) is 0 Å². The first kappa shape index (κ1) is 15.8. The van der Waals surface area contributed by atoms with Crippen LogP contribution in [0.3, 0.4) is 0 Å². The van der Waals surface area contributed by atoms with Crippen molar-refractivity contribution in [3.63, 3.8) is 0 Å². The lowest BCUT2D eigenvalue weighted by molar-refractivity contribution is -0.142. The largest absolute Gasteiger partial charge is 0.481 e. The van der Waals surface area contributed by atoms with E-state index in [1.54, 1.807) is 0 Å². The lowest BCUT2D eigenvalue weighted by atomic mass is 10.1. The maximum absolute atomic E-state index is 12.6. The molecule has 1 aromatic carbocycles. The number of aryl methyl sites for hydroxylation is 1. The van der Waals surface area contributed by atoms with Gasteiger partial charge in [-0.2, -0.15) is 0 Å². The Morgan fingerprint density at radius 2 is 1.61 bits per heavy atom. The normalized spacial score (nSPS) is 26.0. The zero-order chi connectivity index (χ0) is 16.8. The number of carbonyl (C=O) groups is 2. The van der Waals surface area contributed by atoms with Crippen molar-refractivity contribution >= 4 is 17.6 Å². The first-order valence-corrected chi connectivity index (χ1v) is 8.15. The second kappa shape index (κ2) is 5.55. The van der Waals surface area contributed by atoms with E-state index in [4.69, 9.17) is 0 Å². The van der Waals surface area contributed by atoms with Crippen LogP contribution in [0.5, 0.6) is 0 Å². The van der Waals surface area contributed by atoms with E-state index < -0.39 is 17.3 Å². The van der Waals surface area contributed by atoms with Crippen molar-refractivity contribution in [1.29, 1.82) is 0 Å². The van der Waals surface area contributed by atoms with Crippen LogP contribution in [0.1, 0.15) is 19.4 Å². The number of benzene rings is 1. The molecular weight excluding hydrogens is 292 g/mol. The Kier molecular flexibility index (Phi) is 3.82. The number of piperazine rings is 1. The summed E-state index contributed by atoms with van der Waals surface area (Å²) in [5, 5.41) is 9.24. The standard InChI is InChI=1S/C18H24N2O3/c1-12-4-6-13(7-5-12)19-8-10-20(11-9-19)16(21)14-15(17(22)23)18(14,2)3/h4-7,14-15H,8-11H2,1-3H3,(H,22,23)/t14-,15+/m1/s1. The molecule has 0 bridgehead atoms. The van der Waals surface area contributed by atoms with Gasteiger partial charge in [0.05, 0.1) is 11.8 Å². The fraction of sp³-hybridized carbons (Fsp3) is 0.556. The summed E-state index contributed by atoms with van der Waals surface area (Å²) in [7, 11) is 0. The summed E-state index contributed by atoms with van der Waals surface area (Å²) in [5.41, 5.74) is 1.99. The molecule has 1 aliphatic heterocycles. The van der Waals surface area contributed by atoms with E-state index in [0.29, 0.717) is 13.1 Å². The fourth-order valence-corrected chi connectivity index (χ4v) is 3.70. The summed E-state index contributed by atoms with van der Waals surface area (Å²) >= 11 is 0. The van der Waals surface area contributed by atoms with Gasteiger partial charge in [-0.25, -0.2) is 0 Å². The minimum absolute atomic E-state index is 0.00551. The topological polar surface area (TPSA) is 60.9 Å². The first-order chi connectivity index (χ1) is 10.8. The summed E-state index contributed by atoms with van der Waals surface area (Å²) < 4.78 is 0. The third kappa shape index (κ3) is 2.80. The summed E-state index contributed by atoms with van der Waals surface area (Å²) in [6, 6.07) is 8.41. The highest BCUT2D eigenvalue weighted by Gasteiger charge is 2.66. The monoisotopic (exact) mass is 316 g/mol. The predicted octanol–water partition coefficient (Wildman–Crippen LogP) is 2.00. The van der Waals surface area contributed by atoms with E-state index >= 15 is 0 Å². The Labute approximate surface area is 136 Å². The fourth-order valence-electron chi connectivity index (χ4n) is 3.70. The number of anilines is 1. The molecule has 1 N–H and O–H groups in total. The smallest absolute Gasteiger partial charge is 0.307 e. The van der Waals surface area contributed by atoms with Crippen molar-refractivity contribution in [3.8, 4) is 0 Å². The third-order valence-electron chi connectivity index (χ3n) is 5.35. The number of carboxylic acid groups (broad SMARTS) is 1. The van der Waals surface area contributed by atoms with E-state index in [0.717, 1.165) is 13.1 Å². The molecule has 0 radical (unpaired) electrons. The summed E-state index contributed by atoms with van der Waals surface area (Å²) in [4.78, 5) is 28.0. The van der Waals surface area contributed by atoms with Crippen molar-refractivity contribution in [1.82, 2.24) is 4.90 Å². The van der Waals surface area contributed by atoms with Crippen molar-refractivity contribution in [2.45, 2.75) is 20.8 Å². The number of hydrogen-bond acceptors (Lipinski definition) is 3. The Morgan fingerprint density at radius 1 is 1.04 bits per heavy atom. The summed E-state index contributed by atoms with van der Waals surface area (Å²) in [5.74, 6) is -1.76. The van der Waals surface area contributed by atoms with Gasteiger partial charge in [0, 0.05) is 31.9 Å². The molecule has 5 heteroatoms. The zero-order valence-corrected chi connectivity index (χ0v) is 14.0. The van der Waals surface area contributed by atoms with Gasteiger partial charge in [0.2, 0.25) is 5.91 Å². The van der Waals surface area contributed by atoms with Gasteiger partial charge in [-0.15, -0.1) is 0 Å². The minimum Gasteiger partial charge on any atom is -0.481 e. The molecule has 5 nitrogen and oxygen atoms in total. The molecule has 1 saturated heterocycles. The molecule has 0 unspecified atom stereocenters. The van der Waals surface area contributed by atoms with Gasteiger partial charge in [0.15, 0.2) is 0 Å². The van der Waals surface area contributed by atoms with E-state index in [9.17, 15) is 14.7 Å². The number of amides is 1. The van der Waals surface area contributed by atoms with Gasteiger partial charge in [-0.05, 0) is 24.5 Å². The van der Waals surface area contributed by atoms with Crippen molar-refractivity contribution in [3.05, 3.63) is 29.8 Å². The van der Waals surface area contributed by atoms with Crippen LogP contribution in [-0.4, -0.2) is 48.1 Å². The molecular formula is C18H24N2O3. The van der Waals surface area contributed by atoms with E-state index in [2.05, 4.69) is 36.1 Å². The lowest BCUT2D eigenvalue weighted by Gasteiger charge is -2.36. The maximum Gasteiger partial charge on any atom is 0.307 e. The van der Waals surface area contributed by atoms with Crippen molar-refractivity contribution in [2.24, 2.45) is 17.3 Å². The number of aliphatic carboxylic acids is 1. The zero-order valence-electron chi connectivity index (χ0n) is 14.0. The molecule has 1 heterocycles. The van der Waals surface area contributed by atoms with E-state index in [1.807, 2.05) is 18.7 Å². The SMILES string of the molecule is Cc1ccc(N2CCN(C(=O)[C@H]3[C@@H](C(=O)O)C3(C)C)CC2)cc1. The molecule has 0 spiro atoms. The maximum atomic E-state index is 12.6. The average molecular weight is 316 g/mol. The molecule has 124 valence electrons. The average Bonchev–Trinajstić information content (AvgIpc) is 3.10. The molecule has 1 aliphatic carbocycles. The Bertz CT molecular complexity index is 616. The molecule has 2 aliphatic rings. The number of carboxylic acids is 1. The summed E-state index contributed by atoms with van der Waals surface area (Å²) in [6.45, 7) is 8.71. The number of nitrogens with zero attached hydrogens (tertiary/aromatic N) is 2. The van der Waals surface area contributed by atoms with Crippen LogP contribution in [0, 0.1) is 24.2 Å². The van der Waals surface area contributed by atoms with Crippen LogP contribution < -0.4 is 4.90 Å². The van der Waals surface area contributed by atoms with Gasteiger partial charge in [-0.3, -0.25) is 9.59 Å². The Balaban J connectivity index is 1.60. The number of rotatable bonds is 3. The van der Waals surface area contributed by atoms with Crippen LogP contribution >= 0.6 is 0 Å². The van der Waals surface area contributed by atoms with Crippen LogP contribution in [-0.2, 0) is 9.59 Å². The number of carbonyl (C=O) groups excluding carboxylic acids is 1. The molecule has 1 amide bonds. The van der Waals surface area contributed by atoms with Crippen molar-refractivity contribution < 1.29 is 14.7 Å². The third-order valence-corrected chi connectivity index (χ3v) is 5.35. The van der Waals surface area contributed by atoms with Crippen LogP contribution in [0.4, 0.5) is 5.69 Å². The van der Waals surface area contributed by atoms with Gasteiger partial charge in [0.1, 0.15) is 0 Å². The van der Waals surface area contributed by atoms with Gasteiger partial charge < -0.3 is 14.9 Å². The second-order valence-electron chi connectivity index (χ2n) is 7.26. The highest BCUT2D eigenvalue weighted by Crippen LogP contribution is 2.59. The predicted molar refractivity (Wildman–Crippen MR) is 88.4 cm³/mol. The minimum atomic E-state index is -0.855. The molecule has 0 aromatic heterocycles. The molecule has 2 atom stereocenters. The van der Waals surface area contributed by atoms with Gasteiger partial charge in [0.25, 0.3) is 0 Å². The lowest BCUT2D eigenvalue weighted by Crippen LogP contribution is -2.49. The number of hydrogen-bond donors (Lipinski definition) is 1. The molecule has 3 rings (SSSR count).